The molecule has 13 rings (SSSR count). The molecule has 0 spiro atoms. The van der Waals surface area contributed by atoms with Gasteiger partial charge >= 0.3 is 0 Å². The highest BCUT2D eigenvalue weighted by molar-refractivity contribution is 6.28. The molecule has 0 radical (unpaired) electrons. The van der Waals surface area contributed by atoms with Crippen molar-refractivity contribution in [2.45, 2.75) is 0 Å². The van der Waals surface area contributed by atoms with Crippen molar-refractivity contribution in [1.29, 1.82) is 0 Å². The van der Waals surface area contributed by atoms with Crippen molar-refractivity contribution >= 4 is 86.2 Å². The molecule has 0 unspecified atom stereocenters. The van der Waals surface area contributed by atoms with Gasteiger partial charge in [0.2, 0.25) is 0 Å². The van der Waals surface area contributed by atoms with Crippen LogP contribution >= 0.6 is 0 Å². The Morgan fingerprint density at radius 1 is 0.190 bits per heavy atom. The lowest BCUT2D eigenvalue weighted by atomic mass is 9.82. The van der Waals surface area contributed by atoms with Crippen LogP contribution in [0.25, 0.3) is 131 Å². The van der Waals surface area contributed by atoms with Crippen LogP contribution in [0, 0.1) is 0 Å². The first kappa shape index (κ1) is 31.6. The van der Waals surface area contributed by atoms with Crippen molar-refractivity contribution in [2.75, 3.05) is 0 Å². The molecular formula is C58H34. The fourth-order valence-electron chi connectivity index (χ4n) is 10.4. The molecule has 0 aliphatic carbocycles. The Labute approximate surface area is 335 Å². The Morgan fingerprint density at radius 3 is 1.28 bits per heavy atom. The third-order valence-corrected chi connectivity index (χ3v) is 13.0. The standard InChI is InChI=1S/C58H34/c1-3-15-44-35(8-1)10-7-17-47(44)53-34-43(27-30-49(53)48-29-23-41-20-18-37-11-5-13-39-24-31-50(48)56(41)54(37)39)46-28-22-36-9-2-4-16-45(36)58(46)52-33-26-42-21-19-38-12-6-14-40-25-32-51(52)57(42)55(38)40/h1-34H. The topological polar surface area (TPSA) is 0 Å². The normalized spacial score (nSPS) is 12.1. The maximum atomic E-state index is 2.47. The lowest BCUT2D eigenvalue weighted by Gasteiger charge is -2.21. The molecule has 0 aliphatic rings. The summed E-state index contributed by atoms with van der Waals surface area (Å²) in [5, 5.41) is 20.6. The Kier molecular flexibility index (Phi) is 6.54. The Morgan fingerprint density at radius 2 is 0.603 bits per heavy atom. The zero-order valence-corrected chi connectivity index (χ0v) is 31.6. The van der Waals surface area contributed by atoms with E-state index in [1.54, 1.807) is 0 Å². The van der Waals surface area contributed by atoms with E-state index in [1.807, 2.05) is 0 Å². The van der Waals surface area contributed by atoms with Crippen LogP contribution < -0.4 is 0 Å². The average Bonchev–Trinajstić information content (AvgIpc) is 3.29. The molecule has 0 atom stereocenters. The summed E-state index contributed by atoms with van der Waals surface area (Å²) >= 11 is 0. The van der Waals surface area contributed by atoms with Gasteiger partial charge in [0.25, 0.3) is 0 Å². The van der Waals surface area contributed by atoms with Crippen molar-refractivity contribution < 1.29 is 0 Å². The highest BCUT2D eigenvalue weighted by Gasteiger charge is 2.21. The Balaban J connectivity index is 1.12. The highest BCUT2D eigenvalue weighted by Crippen LogP contribution is 2.48. The van der Waals surface area contributed by atoms with Crippen molar-refractivity contribution in [2.24, 2.45) is 0 Å². The smallest absolute Gasteiger partial charge is 0.00206 e. The van der Waals surface area contributed by atoms with Gasteiger partial charge in [-0.3, -0.25) is 0 Å². The number of hydrogen-bond acceptors (Lipinski definition) is 0. The van der Waals surface area contributed by atoms with E-state index in [9.17, 15) is 0 Å². The van der Waals surface area contributed by atoms with E-state index < -0.39 is 0 Å². The molecule has 0 saturated heterocycles. The van der Waals surface area contributed by atoms with E-state index in [0.29, 0.717) is 0 Å². The molecule has 0 aliphatic heterocycles. The van der Waals surface area contributed by atoms with Crippen molar-refractivity contribution in [1.82, 2.24) is 0 Å². The number of benzene rings is 13. The minimum absolute atomic E-state index is 1.20. The predicted molar refractivity (Wildman–Crippen MR) is 251 cm³/mol. The first-order chi connectivity index (χ1) is 28.8. The molecule has 0 bridgehead atoms. The summed E-state index contributed by atoms with van der Waals surface area (Å²) in [6.45, 7) is 0. The van der Waals surface area contributed by atoms with Crippen LogP contribution in [0.4, 0.5) is 0 Å². The molecule has 58 heavy (non-hydrogen) atoms. The number of fused-ring (bicyclic) bond motifs is 2. The van der Waals surface area contributed by atoms with Gasteiger partial charge in [-0.1, -0.05) is 200 Å². The monoisotopic (exact) mass is 730 g/mol. The van der Waals surface area contributed by atoms with Gasteiger partial charge < -0.3 is 0 Å². The molecule has 13 aromatic carbocycles. The van der Waals surface area contributed by atoms with E-state index in [2.05, 4.69) is 206 Å². The molecular weight excluding hydrogens is 697 g/mol. The van der Waals surface area contributed by atoms with Crippen molar-refractivity contribution in [3.05, 3.63) is 206 Å². The Hall–Kier alpha value is -7.54. The molecule has 0 fully saturated rings. The number of hydrogen-bond donors (Lipinski definition) is 0. The van der Waals surface area contributed by atoms with Gasteiger partial charge in [0, 0.05) is 0 Å². The number of rotatable bonds is 4. The first-order valence-electron chi connectivity index (χ1n) is 20.2. The highest BCUT2D eigenvalue weighted by atomic mass is 14.2. The summed E-state index contributed by atoms with van der Waals surface area (Å²) in [5.74, 6) is 0. The quantitative estimate of drug-likeness (QED) is 0.158. The van der Waals surface area contributed by atoms with E-state index in [-0.39, 0.29) is 0 Å². The fraction of sp³-hybridized carbons (Fsp3) is 0. The second-order valence-corrected chi connectivity index (χ2v) is 15.9. The second kappa shape index (κ2) is 12.0. The van der Waals surface area contributed by atoms with Gasteiger partial charge in [0.05, 0.1) is 0 Å². The summed E-state index contributed by atoms with van der Waals surface area (Å²) in [4.78, 5) is 0. The largest absolute Gasteiger partial charge is 0.0616 e. The molecule has 0 N–H and O–H groups in total. The van der Waals surface area contributed by atoms with Crippen molar-refractivity contribution in [3.8, 4) is 44.5 Å². The van der Waals surface area contributed by atoms with Gasteiger partial charge in [0.1, 0.15) is 0 Å². The van der Waals surface area contributed by atoms with Gasteiger partial charge in [-0.2, -0.15) is 0 Å². The predicted octanol–water partition coefficient (Wildman–Crippen LogP) is 16.5. The van der Waals surface area contributed by atoms with Crippen LogP contribution in [0.5, 0.6) is 0 Å². The van der Waals surface area contributed by atoms with E-state index >= 15 is 0 Å². The Bertz CT molecular complexity index is 3750. The van der Waals surface area contributed by atoms with Crippen molar-refractivity contribution in [3.63, 3.8) is 0 Å². The van der Waals surface area contributed by atoms with Crippen LogP contribution in [0.3, 0.4) is 0 Å². The van der Waals surface area contributed by atoms with Crippen LogP contribution in [-0.4, -0.2) is 0 Å². The van der Waals surface area contributed by atoms with E-state index in [1.165, 1.54) is 131 Å². The van der Waals surface area contributed by atoms with Crippen LogP contribution in [0.2, 0.25) is 0 Å². The minimum atomic E-state index is 1.20. The van der Waals surface area contributed by atoms with Crippen LogP contribution in [-0.2, 0) is 0 Å². The summed E-state index contributed by atoms with van der Waals surface area (Å²) in [6.07, 6.45) is 0. The molecule has 0 amide bonds. The molecule has 0 aromatic heterocycles. The van der Waals surface area contributed by atoms with E-state index in [4.69, 9.17) is 0 Å². The third-order valence-electron chi connectivity index (χ3n) is 13.0. The van der Waals surface area contributed by atoms with Gasteiger partial charge in [-0.25, -0.2) is 0 Å². The van der Waals surface area contributed by atoms with Gasteiger partial charge in [0.15, 0.2) is 0 Å². The summed E-state index contributed by atoms with van der Waals surface area (Å²) in [5.41, 5.74) is 9.95. The third kappa shape index (κ3) is 4.46. The van der Waals surface area contributed by atoms with Crippen LogP contribution in [0.15, 0.2) is 206 Å². The SMILES string of the molecule is c1ccc2c(-c3cc(-c4ccc5ccccc5c4-c4ccc5ccc6cccc7ccc4c5c67)ccc3-c3ccc4ccc5cccc6ccc3c4c56)cccc2c1. The molecule has 0 saturated carbocycles. The summed E-state index contributed by atoms with van der Waals surface area (Å²) in [7, 11) is 0. The summed E-state index contributed by atoms with van der Waals surface area (Å²) < 4.78 is 0. The molecule has 0 heteroatoms. The lowest BCUT2D eigenvalue weighted by molar-refractivity contribution is 1.60. The van der Waals surface area contributed by atoms with Crippen LogP contribution in [0.1, 0.15) is 0 Å². The molecule has 0 nitrogen and oxygen atoms in total. The maximum Gasteiger partial charge on any atom is -0.00206 e. The lowest BCUT2D eigenvalue weighted by Crippen LogP contribution is -1.94. The van der Waals surface area contributed by atoms with Gasteiger partial charge in [-0.15, -0.1) is 0 Å². The second-order valence-electron chi connectivity index (χ2n) is 15.9. The van der Waals surface area contributed by atoms with Gasteiger partial charge in [-0.05, 0) is 137 Å². The summed E-state index contributed by atoms with van der Waals surface area (Å²) in [6, 6.07) is 77.4. The maximum absolute atomic E-state index is 2.47. The molecule has 266 valence electrons. The average molecular weight is 731 g/mol. The zero-order valence-electron chi connectivity index (χ0n) is 31.6. The fourth-order valence-corrected chi connectivity index (χ4v) is 10.4. The van der Waals surface area contributed by atoms with E-state index in [0.717, 1.165) is 0 Å². The minimum Gasteiger partial charge on any atom is -0.0616 e. The molecule has 0 heterocycles. The first-order valence-corrected chi connectivity index (χ1v) is 20.2. The molecule has 13 aromatic rings. The zero-order chi connectivity index (χ0) is 37.9.